The fourth-order valence-corrected chi connectivity index (χ4v) is 0.786. The van der Waals surface area contributed by atoms with E-state index in [2.05, 4.69) is 20.9 Å². The van der Waals surface area contributed by atoms with Gasteiger partial charge in [0.2, 0.25) is 0 Å². The maximum Gasteiger partial charge on any atom is 0.106 e. The standard InChI is InChI=1S/C8H9BrN2/c9-8-3-2-7(6-10-8)11-4-1-5-11/h2-3,6H,1,4-5H2/i1D2,2D,3D,4D2,5D2,6D. The molecule has 1 aliphatic heterocycles. The number of rotatable bonds is 1. The minimum Gasteiger partial charge on any atom is -0.370 e. The van der Waals surface area contributed by atoms with Gasteiger partial charge in [-0.3, -0.25) is 0 Å². The molecule has 1 saturated heterocycles. The van der Waals surface area contributed by atoms with Crippen molar-refractivity contribution >= 4 is 21.6 Å². The Morgan fingerprint density at radius 2 is 2.45 bits per heavy atom. The van der Waals surface area contributed by atoms with E-state index < -0.39 is 43.3 Å². The highest BCUT2D eigenvalue weighted by molar-refractivity contribution is 9.10. The summed E-state index contributed by atoms with van der Waals surface area (Å²) in [5.74, 6) is 0. The second-order valence-electron chi connectivity index (χ2n) is 1.80. The summed E-state index contributed by atoms with van der Waals surface area (Å²) in [6, 6.07) is -1.00. The Bertz CT molecular complexity index is 570. The van der Waals surface area contributed by atoms with Crippen LogP contribution in [0.4, 0.5) is 5.69 Å². The van der Waals surface area contributed by atoms with Crippen LogP contribution in [0.5, 0.6) is 0 Å². The lowest BCUT2D eigenvalue weighted by atomic mass is 10.2. The van der Waals surface area contributed by atoms with Gasteiger partial charge in [0.15, 0.2) is 0 Å². The predicted octanol–water partition coefficient (Wildman–Crippen LogP) is 2.05. The average Bonchev–Trinajstić information content (AvgIpc) is 2.30. The molecule has 2 rings (SSSR count). The third-order valence-electron chi connectivity index (χ3n) is 1.10. The molecule has 3 heteroatoms. The van der Waals surface area contributed by atoms with Gasteiger partial charge in [0.1, 0.15) is 4.60 Å². The van der Waals surface area contributed by atoms with Crippen LogP contribution in [0.2, 0.25) is 0 Å². The van der Waals surface area contributed by atoms with Crippen molar-refractivity contribution in [1.29, 1.82) is 0 Å². The van der Waals surface area contributed by atoms with E-state index in [1.807, 2.05) is 0 Å². The summed E-state index contributed by atoms with van der Waals surface area (Å²) in [4.78, 5) is 3.96. The van der Waals surface area contributed by atoms with E-state index in [-0.39, 0.29) is 4.60 Å². The summed E-state index contributed by atoms with van der Waals surface area (Å²) >= 11 is 2.88. The van der Waals surface area contributed by atoms with Crippen molar-refractivity contribution in [2.24, 2.45) is 0 Å². The van der Waals surface area contributed by atoms with Crippen molar-refractivity contribution in [3.05, 3.63) is 22.9 Å². The second-order valence-corrected chi connectivity index (χ2v) is 2.55. The molecule has 2 heterocycles. The highest BCUT2D eigenvalue weighted by Crippen LogP contribution is 2.20. The smallest absolute Gasteiger partial charge is 0.106 e. The van der Waals surface area contributed by atoms with E-state index in [9.17, 15) is 0 Å². The van der Waals surface area contributed by atoms with Gasteiger partial charge in [-0.25, -0.2) is 4.98 Å². The first-order valence-electron chi connectivity index (χ1n) is 7.31. The van der Waals surface area contributed by atoms with Crippen molar-refractivity contribution in [2.75, 3.05) is 17.9 Å². The molecule has 1 aliphatic rings. The van der Waals surface area contributed by atoms with Crippen LogP contribution >= 0.6 is 15.9 Å². The lowest BCUT2D eigenvalue weighted by Gasteiger charge is -2.32. The second kappa shape index (κ2) is 2.81. The van der Waals surface area contributed by atoms with Gasteiger partial charge < -0.3 is 4.90 Å². The van der Waals surface area contributed by atoms with Gasteiger partial charge in [0, 0.05) is 21.2 Å². The third-order valence-corrected chi connectivity index (χ3v) is 1.48. The zero-order chi connectivity index (χ0) is 15.7. The quantitative estimate of drug-likeness (QED) is 0.676. The molecule has 0 aromatic carbocycles. The summed E-state index contributed by atoms with van der Waals surface area (Å²) in [7, 11) is 0. The van der Waals surface area contributed by atoms with Gasteiger partial charge in [-0.2, -0.15) is 0 Å². The number of aromatic nitrogens is 1. The van der Waals surface area contributed by atoms with Crippen LogP contribution in [-0.4, -0.2) is 18.0 Å². The summed E-state index contributed by atoms with van der Waals surface area (Å²) < 4.78 is 68.4. The van der Waals surface area contributed by atoms with Crippen molar-refractivity contribution in [1.82, 2.24) is 4.98 Å². The summed E-state index contributed by atoms with van der Waals surface area (Å²) in [5, 5.41) is 0. The topological polar surface area (TPSA) is 16.1 Å². The Hall–Kier alpha value is -0.570. The number of anilines is 1. The number of pyridine rings is 1. The first kappa shape index (κ1) is 2.22. The lowest BCUT2D eigenvalue weighted by Crippen LogP contribution is -2.36. The number of nitrogens with zero attached hydrogens (tertiary/aromatic N) is 2. The van der Waals surface area contributed by atoms with Crippen LogP contribution in [0.25, 0.3) is 0 Å². The van der Waals surface area contributed by atoms with Gasteiger partial charge in [-0.15, -0.1) is 0 Å². The van der Waals surface area contributed by atoms with Crippen LogP contribution in [-0.2, 0) is 0 Å². The Balaban J connectivity index is 2.68. The van der Waals surface area contributed by atoms with Crippen molar-refractivity contribution < 1.29 is 12.3 Å². The fraction of sp³-hybridized carbons (Fsp3) is 0.375. The highest BCUT2D eigenvalue weighted by atomic mass is 79.9. The fourth-order valence-electron chi connectivity index (χ4n) is 0.598. The molecule has 0 atom stereocenters. The number of hydrogen-bond donors (Lipinski definition) is 0. The molecule has 2 nitrogen and oxygen atoms in total. The summed E-state index contributed by atoms with van der Waals surface area (Å²) in [6.45, 7) is -5.49. The molecule has 1 aromatic heterocycles. The van der Waals surface area contributed by atoms with E-state index in [0.717, 1.165) is 0 Å². The van der Waals surface area contributed by atoms with Crippen LogP contribution in [0, 0.1) is 0 Å². The lowest BCUT2D eigenvalue weighted by molar-refractivity contribution is 0.616. The minimum absolute atomic E-state index is 0.0825. The molecule has 0 amide bonds. The predicted molar refractivity (Wildman–Crippen MR) is 48.8 cm³/mol. The highest BCUT2D eigenvalue weighted by Gasteiger charge is 2.13. The Morgan fingerprint density at radius 1 is 1.64 bits per heavy atom. The van der Waals surface area contributed by atoms with Crippen LogP contribution in [0.15, 0.2) is 22.9 Å². The zero-order valence-corrected chi connectivity index (χ0v) is 6.86. The summed E-state index contributed by atoms with van der Waals surface area (Å²) in [6.07, 6.45) is -3.41. The number of halogens is 1. The van der Waals surface area contributed by atoms with E-state index >= 15 is 0 Å². The van der Waals surface area contributed by atoms with Crippen LogP contribution < -0.4 is 4.90 Å². The Morgan fingerprint density at radius 3 is 3.27 bits per heavy atom. The first-order valence-corrected chi connectivity index (χ1v) is 3.60. The molecule has 0 spiro atoms. The van der Waals surface area contributed by atoms with Crippen molar-refractivity contribution in [3.8, 4) is 0 Å². The molecular formula is C8H9BrN2. The molecular weight excluding hydrogens is 204 g/mol. The van der Waals surface area contributed by atoms with Gasteiger partial charge in [0.05, 0.1) is 16.0 Å². The Kier molecular flexibility index (Phi) is 0.569. The van der Waals surface area contributed by atoms with Crippen LogP contribution in [0.1, 0.15) is 18.7 Å². The van der Waals surface area contributed by atoms with E-state index in [1.54, 1.807) is 0 Å². The first-order chi connectivity index (χ1) is 8.87. The Labute approximate surface area is 87.0 Å². The maximum absolute atomic E-state index is 7.75. The van der Waals surface area contributed by atoms with E-state index in [4.69, 9.17) is 12.3 Å². The zero-order valence-electron chi connectivity index (χ0n) is 14.3. The molecule has 0 aliphatic carbocycles. The van der Waals surface area contributed by atoms with Gasteiger partial charge in [-0.1, -0.05) is 0 Å². The molecule has 58 valence electrons. The molecule has 0 N–H and O–H groups in total. The normalized spacial score (nSPS) is 41.9. The van der Waals surface area contributed by atoms with Crippen molar-refractivity contribution in [3.63, 3.8) is 0 Å². The molecule has 11 heavy (non-hydrogen) atoms. The van der Waals surface area contributed by atoms with Gasteiger partial charge in [-0.05, 0) is 34.4 Å². The molecule has 0 radical (unpaired) electrons. The summed E-state index contributed by atoms with van der Waals surface area (Å²) in [5.41, 5.74) is -0.539. The van der Waals surface area contributed by atoms with Gasteiger partial charge >= 0.3 is 0 Å². The molecule has 1 aromatic rings. The molecule has 0 saturated carbocycles. The number of hydrogen-bond acceptors (Lipinski definition) is 2. The van der Waals surface area contributed by atoms with E-state index in [0.29, 0.717) is 4.90 Å². The largest absolute Gasteiger partial charge is 0.370 e. The van der Waals surface area contributed by atoms with Crippen molar-refractivity contribution in [2.45, 2.75) is 6.37 Å². The molecule has 0 bridgehead atoms. The monoisotopic (exact) mass is 221 g/mol. The minimum atomic E-state index is -2.81. The maximum atomic E-state index is 7.75. The molecule has 1 fully saturated rings. The third kappa shape index (κ3) is 1.38. The van der Waals surface area contributed by atoms with Crippen LogP contribution in [0.3, 0.4) is 0 Å². The van der Waals surface area contributed by atoms with E-state index in [1.165, 1.54) is 0 Å². The SMILES string of the molecule is [2H]c1nc(Br)c([2H])c([2H])c1N1C([2H])([2H])C([2H])([2H])C1([2H])[2H]. The van der Waals surface area contributed by atoms with Gasteiger partial charge in [0.25, 0.3) is 0 Å². The average molecular weight is 222 g/mol. The molecule has 0 unspecified atom stereocenters.